The highest BCUT2D eigenvalue weighted by atomic mass is 16.6. The summed E-state index contributed by atoms with van der Waals surface area (Å²) in [7, 11) is 0. The fraction of sp³-hybridized carbons (Fsp3) is 0.0909. The quantitative estimate of drug-likeness (QED) is 0.348. The van der Waals surface area contributed by atoms with Crippen molar-refractivity contribution in [3.05, 3.63) is 87.3 Å². The smallest absolute Gasteiger partial charge is 0.269 e. The first-order chi connectivity index (χ1) is 15.1. The van der Waals surface area contributed by atoms with E-state index in [0.29, 0.717) is 39.0 Å². The molecule has 9 nitrogen and oxygen atoms in total. The molecular formula is C22H16N4O5. The molecule has 0 aliphatic heterocycles. The molecule has 1 N–H and O–H groups in total. The maximum atomic E-state index is 13.5. The van der Waals surface area contributed by atoms with E-state index in [1.807, 2.05) is 12.1 Å². The largest absolute Gasteiger partial charge is 0.490 e. The van der Waals surface area contributed by atoms with Gasteiger partial charge in [-0.1, -0.05) is 18.2 Å². The van der Waals surface area contributed by atoms with Crippen LogP contribution < -0.4 is 10.3 Å². The van der Waals surface area contributed by atoms with Crippen LogP contribution in [-0.4, -0.2) is 37.2 Å². The second-order valence-electron chi connectivity index (χ2n) is 6.91. The first-order valence-corrected chi connectivity index (χ1v) is 9.52. The Morgan fingerprint density at radius 1 is 1.03 bits per heavy atom. The molecule has 0 unspecified atom stereocenters. The fourth-order valence-electron chi connectivity index (χ4n) is 3.71. The predicted octanol–water partition coefficient (Wildman–Crippen LogP) is 3.07. The summed E-state index contributed by atoms with van der Waals surface area (Å²) in [4.78, 5) is 28.8. The second-order valence-corrected chi connectivity index (χ2v) is 6.91. The number of imidazole rings is 1. The first-order valence-electron chi connectivity index (χ1n) is 9.52. The van der Waals surface area contributed by atoms with Crippen LogP contribution in [-0.2, 0) is 0 Å². The summed E-state index contributed by atoms with van der Waals surface area (Å²) in [5.41, 5.74) is 1.90. The zero-order chi connectivity index (χ0) is 21.5. The molecule has 5 aromatic rings. The molecular weight excluding hydrogens is 400 g/mol. The lowest BCUT2D eigenvalue weighted by molar-refractivity contribution is -0.384. The first kappa shape index (κ1) is 18.8. The van der Waals surface area contributed by atoms with Gasteiger partial charge in [0.1, 0.15) is 23.5 Å². The van der Waals surface area contributed by atoms with Crippen LogP contribution >= 0.6 is 0 Å². The number of nitrogens with zero attached hydrogens (tertiary/aromatic N) is 4. The Labute approximate surface area is 174 Å². The van der Waals surface area contributed by atoms with Crippen LogP contribution in [0, 0.1) is 10.1 Å². The summed E-state index contributed by atoms with van der Waals surface area (Å²) in [6, 6.07) is 16.5. The van der Waals surface area contributed by atoms with Crippen molar-refractivity contribution in [2.45, 2.75) is 0 Å². The zero-order valence-corrected chi connectivity index (χ0v) is 16.1. The maximum Gasteiger partial charge on any atom is 0.269 e. The lowest BCUT2D eigenvalue weighted by atomic mass is 10.1. The van der Waals surface area contributed by atoms with Gasteiger partial charge in [0.15, 0.2) is 5.65 Å². The number of aliphatic hydroxyl groups is 1. The molecule has 0 amide bonds. The van der Waals surface area contributed by atoms with Crippen molar-refractivity contribution in [3.8, 4) is 11.4 Å². The van der Waals surface area contributed by atoms with Crippen molar-refractivity contribution in [1.82, 2.24) is 14.0 Å². The van der Waals surface area contributed by atoms with Gasteiger partial charge in [-0.2, -0.15) is 0 Å². The molecule has 0 fully saturated rings. The van der Waals surface area contributed by atoms with E-state index in [9.17, 15) is 14.9 Å². The van der Waals surface area contributed by atoms with E-state index < -0.39 is 4.92 Å². The standard InChI is InChI=1S/C22H16N4O5/c27-11-12-31-16-9-10-19-23-20-17-3-1-2-4-18(17)22(28)25(21(20)24(19)13-16)14-5-7-15(8-6-14)26(29)30/h1-10,13,27H,11-12H2. The van der Waals surface area contributed by atoms with Crippen molar-refractivity contribution in [1.29, 1.82) is 0 Å². The number of hydrogen-bond donors (Lipinski definition) is 1. The Morgan fingerprint density at radius 2 is 1.77 bits per heavy atom. The third kappa shape index (κ3) is 2.99. The number of nitro benzene ring substituents is 1. The lowest BCUT2D eigenvalue weighted by Gasteiger charge is -2.11. The highest BCUT2D eigenvalue weighted by molar-refractivity contribution is 6.04. The van der Waals surface area contributed by atoms with Gasteiger partial charge in [0.05, 0.1) is 23.4 Å². The molecule has 0 atom stereocenters. The van der Waals surface area contributed by atoms with Crippen LogP contribution in [0.2, 0.25) is 0 Å². The Balaban J connectivity index is 1.89. The summed E-state index contributed by atoms with van der Waals surface area (Å²) >= 11 is 0. The van der Waals surface area contributed by atoms with Gasteiger partial charge in [-0.15, -0.1) is 0 Å². The van der Waals surface area contributed by atoms with Crippen LogP contribution in [0.25, 0.3) is 33.3 Å². The minimum Gasteiger partial charge on any atom is -0.490 e. The van der Waals surface area contributed by atoms with Crippen LogP contribution in [0.4, 0.5) is 5.69 Å². The Morgan fingerprint density at radius 3 is 2.48 bits per heavy atom. The van der Waals surface area contributed by atoms with Gasteiger partial charge in [0, 0.05) is 22.9 Å². The molecule has 0 aliphatic rings. The van der Waals surface area contributed by atoms with Crippen molar-refractivity contribution in [2.75, 3.05) is 13.2 Å². The van der Waals surface area contributed by atoms with Crippen LogP contribution in [0.1, 0.15) is 0 Å². The number of aromatic nitrogens is 3. The average Bonchev–Trinajstić information content (AvgIpc) is 3.17. The van der Waals surface area contributed by atoms with E-state index in [1.54, 1.807) is 47.0 Å². The molecule has 154 valence electrons. The predicted molar refractivity (Wildman–Crippen MR) is 115 cm³/mol. The normalized spacial score (nSPS) is 11.4. The van der Waals surface area contributed by atoms with Crippen LogP contribution in [0.3, 0.4) is 0 Å². The van der Waals surface area contributed by atoms with Gasteiger partial charge in [-0.05, 0) is 30.3 Å². The Kier molecular flexibility index (Phi) is 4.37. The molecule has 0 saturated heterocycles. The molecule has 0 aliphatic carbocycles. The van der Waals surface area contributed by atoms with Gasteiger partial charge in [-0.25, -0.2) is 4.98 Å². The average molecular weight is 416 g/mol. The lowest BCUT2D eigenvalue weighted by Crippen LogP contribution is -2.20. The molecule has 0 bridgehead atoms. The van der Waals surface area contributed by atoms with Crippen molar-refractivity contribution >= 4 is 33.3 Å². The van der Waals surface area contributed by atoms with Gasteiger partial charge in [0.25, 0.3) is 11.2 Å². The number of ether oxygens (including phenoxy) is 1. The molecule has 9 heteroatoms. The minimum absolute atomic E-state index is 0.0633. The summed E-state index contributed by atoms with van der Waals surface area (Å²) in [5, 5.41) is 21.3. The van der Waals surface area contributed by atoms with E-state index in [2.05, 4.69) is 0 Å². The number of pyridine rings is 2. The molecule has 3 aromatic heterocycles. The van der Waals surface area contributed by atoms with E-state index in [4.69, 9.17) is 14.8 Å². The topological polar surface area (TPSA) is 112 Å². The minimum atomic E-state index is -0.485. The van der Waals surface area contributed by atoms with Gasteiger partial charge in [0.2, 0.25) is 0 Å². The maximum absolute atomic E-state index is 13.5. The number of fused-ring (bicyclic) bond motifs is 5. The monoisotopic (exact) mass is 416 g/mol. The molecule has 2 aromatic carbocycles. The van der Waals surface area contributed by atoms with E-state index in [1.165, 1.54) is 16.7 Å². The van der Waals surface area contributed by atoms with Crippen molar-refractivity contribution < 1.29 is 14.8 Å². The SMILES string of the molecule is O=c1c2ccccc2c2nc3ccc(OCCO)cn3c2n1-c1ccc([N+](=O)[O-])cc1. The molecule has 5 rings (SSSR count). The summed E-state index contributed by atoms with van der Waals surface area (Å²) in [6.45, 7) is 0.0110. The summed E-state index contributed by atoms with van der Waals surface area (Å²) < 4.78 is 8.77. The third-order valence-electron chi connectivity index (χ3n) is 5.07. The van der Waals surface area contributed by atoms with Crippen molar-refractivity contribution in [2.24, 2.45) is 0 Å². The number of benzene rings is 2. The van der Waals surface area contributed by atoms with Gasteiger partial charge >= 0.3 is 0 Å². The van der Waals surface area contributed by atoms with E-state index >= 15 is 0 Å². The molecule has 0 saturated carbocycles. The van der Waals surface area contributed by atoms with Crippen LogP contribution in [0.15, 0.2) is 71.7 Å². The molecule has 0 radical (unpaired) electrons. The number of aliphatic hydroxyl groups excluding tert-OH is 1. The zero-order valence-electron chi connectivity index (χ0n) is 16.1. The van der Waals surface area contributed by atoms with E-state index in [0.717, 1.165) is 0 Å². The Hall–Kier alpha value is -4.24. The summed E-state index contributed by atoms with van der Waals surface area (Å²) in [6.07, 6.45) is 1.70. The highest BCUT2D eigenvalue weighted by Crippen LogP contribution is 2.28. The molecule has 31 heavy (non-hydrogen) atoms. The highest BCUT2D eigenvalue weighted by Gasteiger charge is 2.18. The molecule has 0 spiro atoms. The van der Waals surface area contributed by atoms with Crippen molar-refractivity contribution in [3.63, 3.8) is 0 Å². The molecule has 3 heterocycles. The van der Waals surface area contributed by atoms with E-state index in [-0.39, 0.29) is 24.5 Å². The van der Waals surface area contributed by atoms with Gasteiger partial charge in [-0.3, -0.25) is 23.9 Å². The number of hydrogen-bond acceptors (Lipinski definition) is 6. The second kappa shape index (κ2) is 7.22. The summed E-state index contributed by atoms with van der Waals surface area (Å²) in [5.74, 6) is 0.511. The van der Waals surface area contributed by atoms with Crippen LogP contribution in [0.5, 0.6) is 5.75 Å². The van der Waals surface area contributed by atoms with Gasteiger partial charge < -0.3 is 9.84 Å². The number of non-ortho nitro benzene ring substituents is 1. The fourth-order valence-corrected chi connectivity index (χ4v) is 3.71. The Bertz CT molecular complexity index is 1520. The number of rotatable bonds is 5. The third-order valence-corrected chi connectivity index (χ3v) is 5.07. The number of nitro groups is 1.